The summed E-state index contributed by atoms with van der Waals surface area (Å²) in [5.41, 5.74) is 0.929. The van der Waals surface area contributed by atoms with Crippen LogP contribution in [0.1, 0.15) is 19.4 Å². The van der Waals surface area contributed by atoms with E-state index in [-0.39, 0.29) is 23.2 Å². The van der Waals surface area contributed by atoms with Gasteiger partial charge in [-0.3, -0.25) is 4.79 Å². The molecule has 3 heteroatoms. The van der Waals surface area contributed by atoms with Crippen molar-refractivity contribution in [3.63, 3.8) is 0 Å². The third kappa shape index (κ3) is 2.17. The normalized spacial score (nSPS) is 24.4. The molecule has 0 aromatic heterocycles. The van der Waals surface area contributed by atoms with Gasteiger partial charge in [-0.1, -0.05) is 44.2 Å². The first-order chi connectivity index (χ1) is 8.48. The van der Waals surface area contributed by atoms with Crippen molar-refractivity contribution < 1.29 is 9.59 Å². The zero-order valence-electron chi connectivity index (χ0n) is 11.1. The van der Waals surface area contributed by atoms with Crippen LogP contribution >= 0.6 is 0 Å². The highest BCUT2D eigenvalue weighted by molar-refractivity contribution is 5.88. The number of rotatable bonds is 4. The highest BCUT2D eigenvalue weighted by atomic mass is 16.2. The Morgan fingerprint density at radius 1 is 1.33 bits per heavy atom. The SMILES string of the molecule is CN(Cc1ccccc1)C(=O)[C@@H]1[C@H](C=O)C1(C)C. The fourth-order valence-corrected chi connectivity index (χ4v) is 2.58. The van der Waals surface area contributed by atoms with Crippen LogP contribution in [0.25, 0.3) is 0 Å². The lowest BCUT2D eigenvalue weighted by molar-refractivity contribution is -0.133. The van der Waals surface area contributed by atoms with Crippen LogP contribution in [0.4, 0.5) is 0 Å². The monoisotopic (exact) mass is 245 g/mol. The first kappa shape index (κ1) is 12.8. The first-order valence-electron chi connectivity index (χ1n) is 6.22. The van der Waals surface area contributed by atoms with E-state index in [1.807, 2.05) is 44.2 Å². The van der Waals surface area contributed by atoms with Crippen molar-refractivity contribution in [2.24, 2.45) is 17.3 Å². The Balaban J connectivity index is 2.01. The summed E-state index contributed by atoms with van der Waals surface area (Å²) in [6.07, 6.45) is 0.916. The van der Waals surface area contributed by atoms with Crippen LogP contribution < -0.4 is 0 Å². The smallest absolute Gasteiger partial charge is 0.227 e. The number of benzene rings is 1. The van der Waals surface area contributed by atoms with Gasteiger partial charge in [0.05, 0.1) is 5.92 Å². The highest BCUT2D eigenvalue weighted by Gasteiger charge is 2.62. The van der Waals surface area contributed by atoms with Gasteiger partial charge < -0.3 is 9.69 Å². The standard InChI is InChI=1S/C15H19NO2/c1-15(2)12(10-17)13(15)14(18)16(3)9-11-7-5-4-6-8-11/h4-8,10,12-13H,9H2,1-3H3/t12-,13-/m0/s1. The zero-order chi connectivity index (χ0) is 13.3. The van der Waals surface area contributed by atoms with Gasteiger partial charge in [0.2, 0.25) is 5.91 Å². The lowest BCUT2D eigenvalue weighted by atomic mass is 10.1. The molecule has 0 N–H and O–H groups in total. The van der Waals surface area contributed by atoms with E-state index >= 15 is 0 Å². The molecule has 2 rings (SSSR count). The van der Waals surface area contributed by atoms with Crippen molar-refractivity contribution in [3.05, 3.63) is 35.9 Å². The molecule has 18 heavy (non-hydrogen) atoms. The minimum Gasteiger partial charge on any atom is -0.341 e. The van der Waals surface area contributed by atoms with Gasteiger partial charge in [-0.25, -0.2) is 0 Å². The second-order valence-electron chi connectivity index (χ2n) is 5.64. The van der Waals surface area contributed by atoms with E-state index < -0.39 is 0 Å². The largest absolute Gasteiger partial charge is 0.341 e. The zero-order valence-corrected chi connectivity index (χ0v) is 11.1. The minimum absolute atomic E-state index is 0.0703. The van der Waals surface area contributed by atoms with Crippen molar-refractivity contribution in [1.29, 1.82) is 0 Å². The molecule has 1 saturated carbocycles. The molecule has 0 radical (unpaired) electrons. The summed E-state index contributed by atoms with van der Waals surface area (Å²) in [4.78, 5) is 24.9. The van der Waals surface area contributed by atoms with Gasteiger partial charge in [-0.15, -0.1) is 0 Å². The highest BCUT2D eigenvalue weighted by Crippen LogP contribution is 2.57. The molecule has 0 aliphatic heterocycles. The summed E-state index contributed by atoms with van der Waals surface area (Å²) in [5, 5.41) is 0. The molecule has 0 spiro atoms. The molecule has 1 fully saturated rings. The average Bonchev–Trinajstić information content (AvgIpc) is 2.91. The van der Waals surface area contributed by atoms with Crippen LogP contribution in [-0.4, -0.2) is 24.1 Å². The molecule has 0 heterocycles. The van der Waals surface area contributed by atoms with Crippen LogP contribution in [0.5, 0.6) is 0 Å². The maximum atomic E-state index is 12.3. The van der Waals surface area contributed by atoms with Crippen molar-refractivity contribution in [3.8, 4) is 0 Å². The summed E-state index contributed by atoms with van der Waals surface area (Å²) in [6.45, 7) is 4.55. The average molecular weight is 245 g/mol. The quantitative estimate of drug-likeness (QED) is 0.762. The van der Waals surface area contributed by atoms with Gasteiger partial charge in [0.25, 0.3) is 0 Å². The van der Waals surface area contributed by atoms with Crippen LogP contribution in [0.2, 0.25) is 0 Å². The molecule has 2 atom stereocenters. The molecule has 1 aliphatic carbocycles. The molecule has 1 aliphatic rings. The Bertz CT molecular complexity index is 453. The summed E-state index contributed by atoms with van der Waals surface area (Å²) < 4.78 is 0. The van der Waals surface area contributed by atoms with Crippen LogP contribution in [0, 0.1) is 17.3 Å². The summed E-state index contributed by atoms with van der Waals surface area (Å²) in [6, 6.07) is 9.88. The van der Waals surface area contributed by atoms with Gasteiger partial charge in [-0.05, 0) is 11.0 Å². The van der Waals surface area contributed by atoms with E-state index in [0.717, 1.165) is 11.8 Å². The molecular weight excluding hydrogens is 226 g/mol. The van der Waals surface area contributed by atoms with Gasteiger partial charge in [-0.2, -0.15) is 0 Å². The molecule has 3 nitrogen and oxygen atoms in total. The predicted molar refractivity (Wildman–Crippen MR) is 69.7 cm³/mol. The number of hydrogen-bond acceptors (Lipinski definition) is 2. The lowest BCUT2D eigenvalue weighted by Crippen LogP contribution is -2.29. The Morgan fingerprint density at radius 2 is 1.94 bits per heavy atom. The lowest BCUT2D eigenvalue weighted by Gasteiger charge is -2.18. The summed E-state index contributed by atoms with van der Waals surface area (Å²) in [7, 11) is 1.80. The molecule has 0 unspecified atom stereocenters. The predicted octanol–water partition coefficient (Wildman–Crippen LogP) is 2.12. The molecule has 1 aromatic rings. The molecule has 1 amide bonds. The number of amides is 1. The van der Waals surface area contributed by atoms with E-state index in [0.29, 0.717) is 6.54 Å². The third-order valence-corrected chi connectivity index (χ3v) is 3.96. The molecule has 1 aromatic carbocycles. The summed E-state index contributed by atoms with van der Waals surface area (Å²) in [5.74, 6) is -0.201. The van der Waals surface area contributed by atoms with Crippen molar-refractivity contribution in [2.75, 3.05) is 7.05 Å². The van der Waals surface area contributed by atoms with E-state index in [1.54, 1.807) is 11.9 Å². The Labute approximate surface area is 108 Å². The molecule has 0 bridgehead atoms. The Morgan fingerprint density at radius 3 is 2.44 bits per heavy atom. The maximum absolute atomic E-state index is 12.3. The van der Waals surface area contributed by atoms with Crippen molar-refractivity contribution >= 4 is 12.2 Å². The second kappa shape index (κ2) is 4.56. The van der Waals surface area contributed by atoms with Crippen molar-refractivity contribution in [2.45, 2.75) is 20.4 Å². The summed E-state index contributed by atoms with van der Waals surface area (Å²) >= 11 is 0. The molecular formula is C15H19NO2. The van der Waals surface area contributed by atoms with Gasteiger partial charge in [0, 0.05) is 19.5 Å². The number of hydrogen-bond donors (Lipinski definition) is 0. The molecule has 96 valence electrons. The Hall–Kier alpha value is -1.64. The second-order valence-corrected chi connectivity index (χ2v) is 5.64. The van der Waals surface area contributed by atoms with E-state index in [9.17, 15) is 9.59 Å². The van der Waals surface area contributed by atoms with Crippen LogP contribution in [0.15, 0.2) is 30.3 Å². The molecule has 0 saturated heterocycles. The number of nitrogens with zero attached hydrogens (tertiary/aromatic N) is 1. The van der Waals surface area contributed by atoms with Crippen LogP contribution in [0.3, 0.4) is 0 Å². The van der Waals surface area contributed by atoms with Gasteiger partial charge >= 0.3 is 0 Å². The number of carbonyl (C=O) groups is 2. The maximum Gasteiger partial charge on any atom is 0.227 e. The topological polar surface area (TPSA) is 37.4 Å². The van der Waals surface area contributed by atoms with E-state index in [1.165, 1.54) is 0 Å². The fraction of sp³-hybridized carbons (Fsp3) is 0.467. The van der Waals surface area contributed by atoms with Crippen LogP contribution in [-0.2, 0) is 16.1 Å². The van der Waals surface area contributed by atoms with Crippen molar-refractivity contribution in [1.82, 2.24) is 4.90 Å². The van der Waals surface area contributed by atoms with E-state index in [4.69, 9.17) is 0 Å². The van der Waals surface area contributed by atoms with E-state index in [2.05, 4.69) is 0 Å². The van der Waals surface area contributed by atoms with Gasteiger partial charge in [0.1, 0.15) is 6.29 Å². The fourth-order valence-electron chi connectivity index (χ4n) is 2.58. The van der Waals surface area contributed by atoms with Gasteiger partial charge in [0.15, 0.2) is 0 Å². The number of carbonyl (C=O) groups excluding carboxylic acids is 2. The number of aldehydes is 1. The Kier molecular flexibility index (Phi) is 3.24. The third-order valence-electron chi connectivity index (χ3n) is 3.96. The first-order valence-corrected chi connectivity index (χ1v) is 6.22. The minimum atomic E-state index is -0.177.